The third kappa shape index (κ3) is 2.28. The fourth-order valence-corrected chi connectivity index (χ4v) is 2.42. The van der Waals surface area contributed by atoms with E-state index >= 15 is 0 Å². The molecule has 15 heavy (non-hydrogen) atoms. The smallest absolute Gasteiger partial charge is 0.260 e. The van der Waals surface area contributed by atoms with Gasteiger partial charge >= 0.3 is 0 Å². The van der Waals surface area contributed by atoms with Gasteiger partial charge in [0.25, 0.3) is 5.95 Å². The Bertz CT molecular complexity index is 317. The summed E-state index contributed by atoms with van der Waals surface area (Å²) in [5, 5.41) is 3.60. The molecule has 0 radical (unpaired) electrons. The number of aromatic nitrogens is 2. The van der Waals surface area contributed by atoms with Crippen molar-refractivity contribution in [2.75, 3.05) is 12.3 Å². The minimum absolute atomic E-state index is 0.164. The van der Waals surface area contributed by atoms with Gasteiger partial charge in [0, 0.05) is 6.42 Å². The van der Waals surface area contributed by atoms with Crippen molar-refractivity contribution in [1.82, 2.24) is 10.1 Å². The van der Waals surface area contributed by atoms with Crippen LogP contribution in [-0.2, 0) is 6.42 Å². The van der Waals surface area contributed by atoms with Gasteiger partial charge in [0.05, 0.1) is 0 Å². The van der Waals surface area contributed by atoms with Crippen molar-refractivity contribution >= 4 is 5.95 Å². The van der Waals surface area contributed by atoms with E-state index in [1.165, 1.54) is 19.3 Å². The first-order chi connectivity index (χ1) is 7.24. The average Bonchev–Trinajstić information content (AvgIpc) is 2.65. The van der Waals surface area contributed by atoms with Crippen LogP contribution in [0, 0.1) is 5.41 Å². The molecule has 1 aliphatic rings. The lowest BCUT2D eigenvalue weighted by Crippen LogP contribution is -2.35. The van der Waals surface area contributed by atoms with Crippen molar-refractivity contribution < 1.29 is 4.52 Å². The van der Waals surface area contributed by atoms with Crippen molar-refractivity contribution in [2.24, 2.45) is 11.1 Å². The molecule has 1 aliphatic carbocycles. The van der Waals surface area contributed by atoms with Gasteiger partial charge < -0.3 is 16.0 Å². The summed E-state index contributed by atoms with van der Waals surface area (Å²) in [5.74, 6) is 0.841. The van der Waals surface area contributed by atoms with E-state index in [1.54, 1.807) is 0 Å². The van der Waals surface area contributed by atoms with Gasteiger partial charge in [-0.3, -0.25) is 0 Å². The predicted molar refractivity (Wildman–Crippen MR) is 57.0 cm³/mol. The van der Waals surface area contributed by atoms with Crippen molar-refractivity contribution in [3.05, 3.63) is 5.89 Å². The highest BCUT2D eigenvalue weighted by molar-refractivity contribution is 5.11. The molecular formula is C10H18N4O. The SMILES string of the molecule is NCC1(Cc2nc(N)no2)CCCCC1. The standard InChI is InChI=1S/C10H18N4O/c11-7-10(4-2-1-3-5-10)6-8-13-9(12)14-15-8/h1-7,11H2,(H2,12,14). The summed E-state index contributed by atoms with van der Waals surface area (Å²) < 4.78 is 5.05. The van der Waals surface area contributed by atoms with E-state index in [0.717, 1.165) is 19.3 Å². The maximum absolute atomic E-state index is 5.87. The number of anilines is 1. The Balaban J connectivity index is 2.06. The second-order valence-corrected chi connectivity index (χ2v) is 4.49. The molecular weight excluding hydrogens is 192 g/mol. The van der Waals surface area contributed by atoms with E-state index in [4.69, 9.17) is 16.0 Å². The highest BCUT2D eigenvalue weighted by atomic mass is 16.5. The third-order valence-electron chi connectivity index (χ3n) is 3.36. The van der Waals surface area contributed by atoms with E-state index in [9.17, 15) is 0 Å². The van der Waals surface area contributed by atoms with Gasteiger partial charge in [0.15, 0.2) is 0 Å². The summed E-state index contributed by atoms with van der Waals surface area (Å²) in [6.45, 7) is 0.690. The lowest BCUT2D eigenvalue weighted by molar-refractivity contribution is 0.177. The Hall–Kier alpha value is -1.10. The van der Waals surface area contributed by atoms with E-state index in [1.807, 2.05) is 0 Å². The van der Waals surface area contributed by atoms with Crippen LogP contribution >= 0.6 is 0 Å². The Kier molecular flexibility index (Phi) is 2.90. The topological polar surface area (TPSA) is 91.0 Å². The molecule has 1 heterocycles. The van der Waals surface area contributed by atoms with Crippen molar-refractivity contribution in [3.8, 4) is 0 Å². The number of rotatable bonds is 3. The monoisotopic (exact) mass is 210 g/mol. The van der Waals surface area contributed by atoms with Gasteiger partial charge in [0.1, 0.15) is 0 Å². The van der Waals surface area contributed by atoms with Crippen LogP contribution < -0.4 is 11.5 Å². The van der Waals surface area contributed by atoms with Crippen molar-refractivity contribution in [1.29, 1.82) is 0 Å². The Labute approximate surface area is 89.2 Å². The van der Waals surface area contributed by atoms with E-state index in [2.05, 4.69) is 10.1 Å². The first-order valence-corrected chi connectivity index (χ1v) is 5.52. The summed E-state index contributed by atoms with van der Waals surface area (Å²) in [5.41, 5.74) is 11.5. The number of hydrogen-bond donors (Lipinski definition) is 2. The number of hydrogen-bond acceptors (Lipinski definition) is 5. The molecule has 1 aromatic rings. The molecule has 5 nitrogen and oxygen atoms in total. The minimum atomic E-state index is 0.164. The van der Waals surface area contributed by atoms with Crippen LogP contribution in [0.2, 0.25) is 0 Å². The van der Waals surface area contributed by atoms with Gasteiger partial charge in [-0.2, -0.15) is 4.98 Å². The Morgan fingerprint density at radius 1 is 1.27 bits per heavy atom. The summed E-state index contributed by atoms with van der Waals surface area (Å²) in [4.78, 5) is 4.04. The van der Waals surface area contributed by atoms with Gasteiger partial charge in [0.2, 0.25) is 5.89 Å². The van der Waals surface area contributed by atoms with Crippen molar-refractivity contribution in [2.45, 2.75) is 38.5 Å². The van der Waals surface area contributed by atoms with E-state index in [-0.39, 0.29) is 11.4 Å². The summed E-state index contributed by atoms with van der Waals surface area (Å²) in [7, 11) is 0. The third-order valence-corrected chi connectivity index (χ3v) is 3.36. The fraction of sp³-hybridized carbons (Fsp3) is 0.800. The summed E-state index contributed by atoms with van der Waals surface area (Å²) in [6.07, 6.45) is 6.90. The molecule has 1 aromatic heterocycles. The molecule has 4 N–H and O–H groups in total. The molecule has 5 heteroatoms. The van der Waals surface area contributed by atoms with Crippen LogP contribution in [0.25, 0.3) is 0 Å². The lowest BCUT2D eigenvalue weighted by atomic mass is 9.72. The number of nitrogens with two attached hydrogens (primary N) is 2. The molecule has 0 atom stereocenters. The molecule has 0 amide bonds. The zero-order valence-electron chi connectivity index (χ0n) is 8.91. The highest BCUT2D eigenvalue weighted by Crippen LogP contribution is 2.37. The Morgan fingerprint density at radius 3 is 2.53 bits per heavy atom. The summed E-state index contributed by atoms with van der Waals surface area (Å²) in [6, 6.07) is 0. The van der Waals surface area contributed by atoms with Gasteiger partial charge in [-0.15, -0.1) is 0 Å². The van der Waals surface area contributed by atoms with Crippen LogP contribution in [0.4, 0.5) is 5.95 Å². The molecule has 0 saturated heterocycles. The molecule has 0 aromatic carbocycles. The van der Waals surface area contributed by atoms with Crippen LogP contribution in [-0.4, -0.2) is 16.7 Å². The van der Waals surface area contributed by atoms with Crippen LogP contribution in [0.3, 0.4) is 0 Å². The quantitative estimate of drug-likeness (QED) is 0.779. The van der Waals surface area contributed by atoms with Crippen LogP contribution in [0.15, 0.2) is 4.52 Å². The van der Waals surface area contributed by atoms with Crippen molar-refractivity contribution in [3.63, 3.8) is 0 Å². The predicted octanol–water partition coefficient (Wildman–Crippen LogP) is 1.10. The largest absolute Gasteiger partial charge is 0.365 e. The molecule has 0 spiro atoms. The number of nitrogen functional groups attached to an aromatic ring is 1. The minimum Gasteiger partial charge on any atom is -0.365 e. The fourth-order valence-electron chi connectivity index (χ4n) is 2.42. The zero-order valence-corrected chi connectivity index (χ0v) is 8.91. The maximum Gasteiger partial charge on any atom is 0.260 e. The molecule has 0 bridgehead atoms. The van der Waals surface area contributed by atoms with Gasteiger partial charge in [-0.1, -0.05) is 19.3 Å². The molecule has 1 saturated carbocycles. The molecule has 1 fully saturated rings. The van der Waals surface area contributed by atoms with E-state index in [0.29, 0.717) is 12.4 Å². The molecule has 0 unspecified atom stereocenters. The van der Waals surface area contributed by atoms with Crippen LogP contribution in [0.5, 0.6) is 0 Å². The zero-order chi connectivity index (χ0) is 10.7. The molecule has 84 valence electrons. The first kappa shape index (κ1) is 10.4. The normalized spacial score (nSPS) is 20.3. The first-order valence-electron chi connectivity index (χ1n) is 5.52. The number of nitrogens with zero attached hydrogens (tertiary/aromatic N) is 2. The Morgan fingerprint density at radius 2 is 2.00 bits per heavy atom. The second kappa shape index (κ2) is 4.18. The second-order valence-electron chi connectivity index (χ2n) is 4.49. The highest BCUT2D eigenvalue weighted by Gasteiger charge is 2.32. The van der Waals surface area contributed by atoms with Gasteiger partial charge in [-0.05, 0) is 30.0 Å². The molecule has 2 rings (SSSR count). The van der Waals surface area contributed by atoms with E-state index < -0.39 is 0 Å². The maximum atomic E-state index is 5.87. The lowest BCUT2D eigenvalue weighted by Gasteiger charge is -2.34. The van der Waals surface area contributed by atoms with Crippen LogP contribution in [0.1, 0.15) is 38.0 Å². The average molecular weight is 210 g/mol. The van der Waals surface area contributed by atoms with Gasteiger partial charge in [-0.25, -0.2) is 0 Å². The molecule has 0 aliphatic heterocycles. The summed E-state index contributed by atoms with van der Waals surface area (Å²) >= 11 is 0.